The lowest BCUT2D eigenvalue weighted by Gasteiger charge is -2.04. The van der Waals surface area contributed by atoms with E-state index < -0.39 is 23.0 Å². The van der Waals surface area contributed by atoms with E-state index in [-0.39, 0.29) is 10.2 Å². The predicted octanol–water partition coefficient (Wildman–Crippen LogP) is 3.85. The van der Waals surface area contributed by atoms with Crippen LogP contribution in [0.2, 0.25) is 0 Å². The molecule has 2 aromatic carbocycles. The molecule has 0 radical (unpaired) electrons. The lowest BCUT2D eigenvalue weighted by molar-refractivity contribution is 0.102. The molecule has 21 heavy (non-hydrogen) atoms. The van der Waals surface area contributed by atoms with Crippen molar-refractivity contribution in [3.63, 3.8) is 0 Å². The Balaban J connectivity index is 2.25. The van der Waals surface area contributed by atoms with Crippen LogP contribution < -0.4 is 0 Å². The van der Waals surface area contributed by atoms with Gasteiger partial charge in [0.05, 0.1) is 15.6 Å². The van der Waals surface area contributed by atoms with Crippen LogP contribution in [0.5, 0.6) is 0 Å². The zero-order valence-corrected chi connectivity index (χ0v) is 12.5. The second kappa shape index (κ2) is 5.04. The van der Waals surface area contributed by atoms with Gasteiger partial charge in [0.1, 0.15) is 11.5 Å². The fraction of sp³-hybridized carbons (Fsp3) is 0.0667. The zero-order valence-electron chi connectivity index (χ0n) is 10.9. The first kappa shape index (κ1) is 13.9. The molecule has 0 amide bonds. The van der Waals surface area contributed by atoms with Crippen LogP contribution in [-0.2, 0) is 7.05 Å². The first-order valence-corrected chi connectivity index (χ1v) is 6.90. The van der Waals surface area contributed by atoms with Crippen LogP contribution >= 0.6 is 15.9 Å². The molecule has 0 bridgehead atoms. The highest BCUT2D eigenvalue weighted by Crippen LogP contribution is 2.26. The summed E-state index contributed by atoms with van der Waals surface area (Å²) in [6, 6.07) is 9.30. The predicted molar refractivity (Wildman–Crippen MR) is 78.2 cm³/mol. The molecule has 1 heterocycles. The van der Waals surface area contributed by atoms with Gasteiger partial charge in [-0.05, 0) is 34.1 Å². The summed E-state index contributed by atoms with van der Waals surface area (Å²) in [5, 5.41) is 4.66. The number of ketones is 1. The topological polar surface area (TPSA) is 34.9 Å². The van der Waals surface area contributed by atoms with Crippen molar-refractivity contribution in [2.75, 3.05) is 0 Å². The lowest BCUT2D eigenvalue weighted by Crippen LogP contribution is -2.09. The molecule has 6 heteroatoms. The molecule has 0 aliphatic heterocycles. The maximum absolute atomic E-state index is 14.1. The summed E-state index contributed by atoms with van der Waals surface area (Å²) in [4.78, 5) is 12.5. The number of carbonyl (C=O) groups excluding carboxylic acids is 1. The van der Waals surface area contributed by atoms with Crippen molar-refractivity contribution in [3.05, 3.63) is 63.8 Å². The average Bonchev–Trinajstić information content (AvgIpc) is 2.81. The fourth-order valence-electron chi connectivity index (χ4n) is 2.24. The summed E-state index contributed by atoms with van der Waals surface area (Å²) in [7, 11) is 1.67. The van der Waals surface area contributed by atoms with Gasteiger partial charge in [-0.15, -0.1) is 0 Å². The van der Waals surface area contributed by atoms with Gasteiger partial charge in [0.25, 0.3) is 0 Å². The molecule has 3 rings (SSSR count). The summed E-state index contributed by atoms with van der Waals surface area (Å²) in [6.45, 7) is 0. The molecule has 0 spiro atoms. The molecule has 3 aromatic rings. The van der Waals surface area contributed by atoms with Crippen molar-refractivity contribution in [1.82, 2.24) is 9.78 Å². The van der Waals surface area contributed by atoms with Gasteiger partial charge in [0, 0.05) is 12.4 Å². The van der Waals surface area contributed by atoms with Gasteiger partial charge in [-0.1, -0.05) is 18.2 Å². The minimum absolute atomic E-state index is 0.0315. The molecule has 1 aromatic heterocycles. The van der Waals surface area contributed by atoms with Crippen LogP contribution in [0.1, 0.15) is 16.1 Å². The molecule has 3 nitrogen and oxygen atoms in total. The summed E-state index contributed by atoms with van der Waals surface area (Å²) in [5.74, 6) is -2.60. The molecule has 0 saturated carbocycles. The van der Waals surface area contributed by atoms with Crippen molar-refractivity contribution < 1.29 is 13.6 Å². The van der Waals surface area contributed by atoms with E-state index in [1.54, 1.807) is 31.3 Å². The van der Waals surface area contributed by atoms with E-state index in [2.05, 4.69) is 21.0 Å². The quantitative estimate of drug-likeness (QED) is 0.519. The first-order chi connectivity index (χ1) is 10.0. The van der Waals surface area contributed by atoms with Crippen LogP contribution in [0.3, 0.4) is 0 Å². The number of para-hydroxylation sites is 1. The van der Waals surface area contributed by atoms with E-state index in [9.17, 15) is 13.6 Å². The van der Waals surface area contributed by atoms with Gasteiger partial charge in [-0.2, -0.15) is 5.10 Å². The molecule has 0 fully saturated rings. The lowest BCUT2D eigenvalue weighted by atomic mass is 10.0. The van der Waals surface area contributed by atoms with E-state index >= 15 is 0 Å². The van der Waals surface area contributed by atoms with Crippen LogP contribution in [0.25, 0.3) is 10.9 Å². The van der Waals surface area contributed by atoms with Gasteiger partial charge < -0.3 is 0 Å². The van der Waals surface area contributed by atoms with Crippen LogP contribution in [-0.4, -0.2) is 15.6 Å². The molecule has 0 unspecified atom stereocenters. The van der Waals surface area contributed by atoms with Crippen LogP contribution in [0, 0.1) is 11.6 Å². The van der Waals surface area contributed by atoms with Crippen molar-refractivity contribution >= 4 is 32.6 Å². The third kappa shape index (κ3) is 2.15. The Morgan fingerprint density at radius 1 is 1.19 bits per heavy atom. The van der Waals surface area contributed by atoms with Crippen LogP contribution in [0.4, 0.5) is 8.78 Å². The molecular weight excluding hydrogens is 342 g/mol. The second-order valence-electron chi connectivity index (χ2n) is 4.54. The number of halogens is 3. The smallest absolute Gasteiger partial charge is 0.219 e. The number of fused-ring (bicyclic) bond motifs is 1. The van der Waals surface area contributed by atoms with Gasteiger partial charge in [0.2, 0.25) is 5.78 Å². The van der Waals surface area contributed by atoms with E-state index in [1.807, 2.05) is 0 Å². The normalized spacial score (nSPS) is 11.0. The van der Waals surface area contributed by atoms with Crippen molar-refractivity contribution in [2.45, 2.75) is 0 Å². The monoisotopic (exact) mass is 350 g/mol. The number of hydrogen-bond donors (Lipinski definition) is 0. The van der Waals surface area contributed by atoms with E-state index in [0.29, 0.717) is 5.39 Å². The van der Waals surface area contributed by atoms with E-state index in [1.165, 1.54) is 10.7 Å². The molecule has 0 aliphatic rings. The Labute approximate surface area is 127 Å². The standard InChI is InChI=1S/C15H9BrF2N2O/c1-20-11-5-3-2-4-8(11)14(19-20)15(21)12-10(17)7-6-9(16)13(12)18/h2-7H,1H3. The number of rotatable bonds is 2. The largest absolute Gasteiger partial charge is 0.287 e. The highest BCUT2D eigenvalue weighted by Gasteiger charge is 2.25. The molecule has 0 saturated heterocycles. The number of hydrogen-bond acceptors (Lipinski definition) is 2. The van der Waals surface area contributed by atoms with Gasteiger partial charge in [0.15, 0.2) is 5.82 Å². The summed E-state index contributed by atoms with van der Waals surface area (Å²) < 4.78 is 29.5. The third-order valence-electron chi connectivity index (χ3n) is 3.24. The Morgan fingerprint density at radius 3 is 2.67 bits per heavy atom. The number of nitrogens with zero attached hydrogens (tertiary/aromatic N) is 2. The summed E-state index contributed by atoms with van der Waals surface area (Å²) >= 11 is 2.96. The Hall–Kier alpha value is -2.08. The molecular formula is C15H9BrF2N2O. The number of aryl methyl sites for hydroxylation is 1. The Kier molecular flexibility index (Phi) is 3.33. The Morgan fingerprint density at radius 2 is 1.90 bits per heavy atom. The van der Waals surface area contributed by atoms with Crippen molar-refractivity contribution in [1.29, 1.82) is 0 Å². The van der Waals surface area contributed by atoms with Crippen LogP contribution in [0.15, 0.2) is 40.9 Å². The Bertz CT molecular complexity index is 873. The summed E-state index contributed by atoms with van der Waals surface area (Å²) in [5.41, 5.74) is 0.147. The SMILES string of the molecule is Cn1nc(C(=O)c2c(F)ccc(Br)c2F)c2ccccc21. The highest BCUT2D eigenvalue weighted by molar-refractivity contribution is 9.10. The van der Waals surface area contributed by atoms with Gasteiger partial charge in [-0.25, -0.2) is 8.78 Å². The molecule has 106 valence electrons. The minimum Gasteiger partial charge on any atom is -0.287 e. The second-order valence-corrected chi connectivity index (χ2v) is 5.39. The number of benzene rings is 2. The zero-order chi connectivity index (χ0) is 15.1. The molecule has 0 atom stereocenters. The number of carbonyl (C=O) groups is 1. The van der Waals surface area contributed by atoms with Crippen molar-refractivity contribution in [3.8, 4) is 0 Å². The first-order valence-electron chi connectivity index (χ1n) is 6.10. The van der Waals surface area contributed by atoms with Crippen molar-refractivity contribution in [2.24, 2.45) is 7.05 Å². The number of aromatic nitrogens is 2. The minimum atomic E-state index is -0.922. The average molecular weight is 351 g/mol. The van der Waals surface area contributed by atoms with Gasteiger partial charge >= 0.3 is 0 Å². The maximum Gasteiger partial charge on any atom is 0.219 e. The summed E-state index contributed by atoms with van der Waals surface area (Å²) in [6.07, 6.45) is 0. The highest BCUT2D eigenvalue weighted by atomic mass is 79.9. The van der Waals surface area contributed by atoms with E-state index in [4.69, 9.17) is 0 Å². The molecule has 0 N–H and O–H groups in total. The van der Waals surface area contributed by atoms with Gasteiger partial charge in [-0.3, -0.25) is 9.48 Å². The fourth-order valence-corrected chi connectivity index (χ4v) is 2.57. The molecule has 0 aliphatic carbocycles. The van der Waals surface area contributed by atoms with E-state index in [0.717, 1.165) is 11.6 Å². The third-order valence-corrected chi connectivity index (χ3v) is 3.86. The maximum atomic E-state index is 14.1.